The van der Waals surface area contributed by atoms with Crippen molar-refractivity contribution in [3.05, 3.63) is 24.3 Å². The molecule has 3 amide bonds. The van der Waals surface area contributed by atoms with E-state index in [1.807, 2.05) is 0 Å². The number of ether oxygens (including phenoxy) is 1. The van der Waals surface area contributed by atoms with Crippen LogP contribution in [-0.4, -0.2) is 35.5 Å². The van der Waals surface area contributed by atoms with Gasteiger partial charge in [-0.15, -0.1) is 0 Å². The number of benzene rings is 1. The number of carbonyl (C=O) groups is 2. The predicted molar refractivity (Wildman–Crippen MR) is 77.8 cm³/mol. The molecule has 112 valence electrons. The van der Waals surface area contributed by atoms with Crippen LogP contribution in [0, 0.1) is 0 Å². The molecule has 1 saturated carbocycles. The third kappa shape index (κ3) is 2.53. The lowest BCUT2D eigenvalue weighted by Gasteiger charge is -2.20. The van der Waals surface area contributed by atoms with Crippen LogP contribution in [-0.2, 0) is 4.79 Å². The molecule has 21 heavy (non-hydrogen) atoms. The van der Waals surface area contributed by atoms with Gasteiger partial charge in [0, 0.05) is 11.8 Å². The van der Waals surface area contributed by atoms with Gasteiger partial charge in [-0.25, -0.2) is 4.79 Å². The van der Waals surface area contributed by atoms with E-state index in [-0.39, 0.29) is 25.1 Å². The Kier molecular flexibility index (Phi) is 3.45. The van der Waals surface area contributed by atoms with Crippen molar-refractivity contribution in [1.82, 2.24) is 10.2 Å². The van der Waals surface area contributed by atoms with Crippen LogP contribution >= 0.6 is 0 Å². The summed E-state index contributed by atoms with van der Waals surface area (Å²) in [6.45, 7) is 0.514. The predicted octanol–water partition coefficient (Wildman–Crippen LogP) is 1.51. The number of imide groups is 1. The van der Waals surface area contributed by atoms with Crippen molar-refractivity contribution in [2.45, 2.75) is 31.2 Å². The van der Waals surface area contributed by atoms with Crippen molar-refractivity contribution in [2.24, 2.45) is 0 Å². The minimum atomic E-state index is -0.645. The number of nitrogens with one attached hydrogen (secondary N) is 1. The van der Waals surface area contributed by atoms with Crippen LogP contribution in [0.1, 0.15) is 25.7 Å². The Morgan fingerprint density at radius 2 is 2.05 bits per heavy atom. The second-order valence-corrected chi connectivity index (χ2v) is 5.60. The summed E-state index contributed by atoms with van der Waals surface area (Å²) in [5.74, 6) is 0.527. The Morgan fingerprint density at radius 1 is 1.29 bits per heavy atom. The van der Waals surface area contributed by atoms with Crippen LogP contribution in [0.3, 0.4) is 0 Å². The second-order valence-electron chi connectivity index (χ2n) is 5.60. The highest BCUT2D eigenvalue weighted by Gasteiger charge is 2.52. The maximum absolute atomic E-state index is 12.4. The average molecular weight is 289 g/mol. The Labute approximate surface area is 123 Å². The van der Waals surface area contributed by atoms with Crippen molar-refractivity contribution in [1.29, 1.82) is 0 Å². The smallest absolute Gasteiger partial charge is 0.325 e. The molecule has 2 fully saturated rings. The average Bonchev–Trinajstić information content (AvgIpc) is 3.00. The second kappa shape index (κ2) is 5.27. The van der Waals surface area contributed by atoms with E-state index < -0.39 is 5.54 Å². The first-order valence-corrected chi connectivity index (χ1v) is 7.23. The summed E-state index contributed by atoms with van der Waals surface area (Å²) >= 11 is 0. The molecule has 1 aromatic carbocycles. The number of anilines is 1. The molecule has 0 bridgehead atoms. The topological polar surface area (TPSA) is 84.7 Å². The lowest BCUT2D eigenvalue weighted by Crippen LogP contribution is -2.44. The van der Waals surface area contributed by atoms with E-state index in [1.165, 1.54) is 4.90 Å². The summed E-state index contributed by atoms with van der Waals surface area (Å²) in [7, 11) is 0. The van der Waals surface area contributed by atoms with Crippen LogP contribution in [0.4, 0.5) is 10.5 Å². The summed E-state index contributed by atoms with van der Waals surface area (Å²) in [6, 6.07) is 6.77. The standard InChI is InChI=1S/C15H19N3O3/c16-11-4-3-5-12(10-11)21-9-8-18-13(19)15(17-14(18)20)6-1-2-7-15/h3-5,10H,1-2,6-9,16H2,(H,17,20). The molecule has 3 N–H and O–H groups in total. The molecule has 1 saturated heterocycles. The molecule has 1 heterocycles. The highest BCUT2D eigenvalue weighted by molar-refractivity contribution is 6.07. The Morgan fingerprint density at radius 3 is 2.76 bits per heavy atom. The van der Waals surface area contributed by atoms with Crippen molar-refractivity contribution in [3.8, 4) is 5.75 Å². The molecular formula is C15H19N3O3. The lowest BCUT2D eigenvalue weighted by molar-refractivity contribution is -0.131. The first-order chi connectivity index (χ1) is 10.1. The van der Waals surface area contributed by atoms with Gasteiger partial charge in [0.2, 0.25) is 0 Å². The molecule has 1 aliphatic heterocycles. The van der Waals surface area contributed by atoms with Crippen LogP contribution in [0.25, 0.3) is 0 Å². The monoisotopic (exact) mass is 289 g/mol. The van der Waals surface area contributed by atoms with E-state index in [4.69, 9.17) is 10.5 Å². The molecule has 1 aromatic rings. The molecule has 1 aliphatic carbocycles. The molecule has 0 unspecified atom stereocenters. The normalized spacial score (nSPS) is 20.1. The van der Waals surface area contributed by atoms with Crippen molar-refractivity contribution in [2.75, 3.05) is 18.9 Å². The van der Waals surface area contributed by atoms with Gasteiger partial charge >= 0.3 is 6.03 Å². The van der Waals surface area contributed by atoms with Gasteiger partial charge in [0.25, 0.3) is 5.91 Å². The third-order valence-corrected chi connectivity index (χ3v) is 4.14. The first kappa shape index (κ1) is 13.7. The molecule has 0 aromatic heterocycles. The molecule has 0 atom stereocenters. The number of nitrogens with zero attached hydrogens (tertiary/aromatic N) is 1. The van der Waals surface area contributed by atoms with E-state index >= 15 is 0 Å². The number of nitrogens with two attached hydrogens (primary N) is 1. The highest BCUT2D eigenvalue weighted by atomic mass is 16.5. The summed E-state index contributed by atoms with van der Waals surface area (Å²) in [5.41, 5.74) is 5.64. The number of carbonyl (C=O) groups excluding carboxylic acids is 2. The molecule has 6 heteroatoms. The van der Waals surface area contributed by atoms with Gasteiger partial charge in [-0.3, -0.25) is 9.69 Å². The number of nitrogen functional groups attached to an aromatic ring is 1. The fourth-order valence-corrected chi connectivity index (χ4v) is 3.06. The summed E-state index contributed by atoms with van der Waals surface area (Å²) in [6.07, 6.45) is 3.45. The maximum Gasteiger partial charge on any atom is 0.325 e. The Balaban J connectivity index is 1.58. The number of urea groups is 1. The zero-order chi connectivity index (χ0) is 14.9. The van der Waals surface area contributed by atoms with E-state index in [1.54, 1.807) is 24.3 Å². The molecule has 0 radical (unpaired) electrons. The molecule has 6 nitrogen and oxygen atoms in total. The number of hydrogen-bond acceptors (Lipinski definition) is 4. The minimum Gasteiger partial charge on any atom is -0.492 e. The number of hydrogen-bond donors (Lipinski definition) is 2. The van der Waals surface area contributed by atoms with E-state index in [2.05, 4.69) is 5.32 Å². The van der Waals surface area contributed by atoms with Crippen LogP contribution in [0.5, 0.6) is 5.75 Å². The zero-order valence-corrected chi connectivity index (χ0v) is 11.8. The van der Waals surface area contributed by atoms with Gasteiger partial charge in [-0.2, -0.15) is 0 Å². The van der Waals surface area contributed by atoms with Crippen LogP contribution in [0.2, 0.25) is 0 Å². The van der Waals surface area contributed by atoms with Gasteiger partial charge < -0.3 is 15.8 Å². The number of rotatable bonds is 4. The fraction of sp³-hybridized carbons (Fsp3) is 0.467. The van der Waals surface area contributed by atoms with Gasteiger partial charge in [0.05, 0.1) is 6.54 Å². The largest absolute Gasteiger partial charge is 0.492 e. The molecule has 3 rings (SSSR count). The molecule has 1 spiro atoms. The van der Waals surface area contributed by atoms with Crippen molar-refractivity contribution in [3.63, 3.8) is 0 Å². The quantitative estimate of drug-likeness (QED) is 0.650. The van der Waals surface area contributed by atoms with Crippen LogP contribution in [0.15, 0.2) is 24.3 Å². The van der Waals surface area contributed by atoms with Gasteiger partial charge in [-0.1, -0.05) is 18.9 Å². The molecule has 2 aliphatic rings. The minimum absolute atomic E-state index is 0.110. The SMILES string of the molecule is Nc1cccc(OCCN2C(=O)NC3(CCCC3)C2=O)c1. The van der Waals surface area contributed by atoms with E-state index in [0.717, 1.165) is 25.7 Å². The van der Waals surface area contributed by atoms with E-state index in [9.17, 15) is 9.59 Å². The van der Waals surface area contributed by atoms with Crippen LogP contribution < -0.4 is 15.8 Å². The zero-order valence-electron chi connectivity index (χ0n) is 11.8. The first-order valence-electron chi connectivity index (χ1n) is 7.23. The fourth-order valence-electron chi connectivity index (χ4n) is 3.06. The van der Waals surface area contributed by atoms with Gasteiger partial charge in [-0.05, 0) is 25.0 Å². The maximum atomic E-state index is 12.4. The Bertz CT molecular complexity index is 567. The van der Waals surface area contributed by atoms with Crippen molar-refractivity contribution < 1.29 is 14.3 Å². The van der Waals surface area contributed by atoms with Crippen molar-refractivity contribution >= 4 is 17.6 Å². The summed E-state index contributed by atoms with van der Waals surface area (Å²) in [4.78, 5) is 25.6. The Hall–Kier alpha value is -2.24. The summed E-state index contributed by atoms with van der Waals surface area (Å²) in [5, 5.41) is 2.85. The summed E-state index contributed by atoms with van der Waals surface area (Å²) < 4.78 is 5.54. The highest BCUT2D eigenvalue weighted by Crippen LogP contribution is 2.34. The van der Waals surface area contributed by atoms with Gasteiger partial charge in [0.1, 0.15) is 17.9 Å². The third-order valence-electron chi connectivity index (χ3n) is 4.14. The van der Waals surface area contributed by atoms with Gasteiger partial charge in [0.15, 0.2) is 0 Å². The van der Waals surface area contributed by atoms with E-state index in [0.29, 0.717) is 11.4 Å². The number of amides is 3. The molecular weight excluding hydrogens is 270 g/mol. The lowest BCUT2D eigenvalue weighted by atomic mass is 9.98.